The smallest absolute Gasteiger partial charge is 0.150 e. The summed E-state index contributed by atoms with van der Waals surface area (Å²) in [6.07, 6.45) is 1.59. The second-order valence-electron chi connectivity index (χ2n) is 6.52. The van der Waals surface area contributed by atoms with Crippen LogP contribution >= 0.6 is 0 Å². The molecule has 0 aliphatic rings. The summed E-state index contributed by atoms with van der Waals surface area (Å²) in [6.45, 7) is 4.69. The molecule has 8 nitrogen and oxygen atoms in total. The Morgan fingerprint density at radius 2 is 0.719 bits per heavy atom. The van der Waals surface area contributed by atoms with E-state index in [1.807, 2.05) is 0 Å². The molecule has 0 saturated carbocycles. The molecule has 0 aromatic heterocycles. The highest BCUT2D eigenvalue weighted by Crippen LogP contribution is 2.11. The van der Waals surface area contributed by atoms with Gasteiger partial charge in [-0.15, -0.1) is 0 Å². The van der Waals surface area contributed by atoms with Gasteiger partial charge in [-0.2, -0.15) is 0 Å². The van der Waals surface area contributed by atoms with E-state index in [1.165, 1.54) is 0 Å². The highest BCUT2D eigenvalue weighted by Gasteiger charge is 1.97. The Bertz CT molecular complexity index is 680. The summed E-state index contributed by atoms with van der Waals surface area (Å²) < 4.78 is 32.7. The van der Waals surface area contributed by atoms with Crippen LogP contribution in [0.3, 0.4) is 0 Å². The van der Waals surface area contributed by atoms with Crippen LogP contribution in [0, 0.1) is 0 Å². The fraction of sp³-hybridized carbons (Fsp3) is 0.417. The van der Waals surface area contributed by atoms with Crippen LogP contribution in [0.5, 0.6) is 11.5 Å². The van der Waals surface area contributed by atoms with Crippen LogP contribution in [0.25, 0.3) is 0 Å². The van der Waals surface area contributed by atoms with Gasteiger partial charge in [-0.25, -0.2) is 0 Å². The first-order valence-corrected chi connectivity index (χ1v) is 10.5. The van der Waals surface area contributed by atoms with Crippen molar-refractivity contribution < 1.29 is 38.0 Å². The summed E-state index contributed by atoms with van der Waals surface area (Å²) in [4.78, 5) is 21.2. The number of hydrogen-bond acceptors (Lipinski definition) is 8. The van der Waals surface area contributed by atoms with E-state index >= 15 is 0 Å². The highest BCUT2D eigenvalue weighted by molar-refractivity contribution is 5.75. The molecule has 0 fully saturated rings. The van der Waals surface area contributed by atoms with E-state index < -0.39 is 0 Å². The van der Waals surface area contributed by atoms with E-state index in [4.69, 9.17) is 28.4 Å². The standard InChI is InChI=1S/C24H30O8/c25-19-21-1-5-23(6-2-21)31-17-15-29-13-11-27-9-10-28-12-14-30-16-18-32-24-7-3-22(20-26)4-8-24/h1-8,19-20H,9-18H2. The number of aldehydes is 2. The molecule has 0 saturated heterocycles. The van der Waals surface area contributed by atoms with Gasteiger partial charge < -0.3 is 28.4 Å². The molecule has 0 bridgehead atoms. The monoisotopic (exact) mass is 446 g/mol. The van der Waals surface area contributed by atoms with E-state index in [2.05, 4.69) is 0 Å². The summed E-state index contributed by atoms with van der Waals surface area (Å²) in [5.74, 6) is 1.41. The third-order valence-electron chi connectivity index (χ3n) is 4.14. The van der Waals surface area contributed by atoms with Crippen molar-refractivity contribution in [3.05, 3.63) is 59.7 Å². The second-order valence-corrected chi connectivity index (χ2v) is 6.52. The van der Waals surface area contributed by atoms with Crippen molar-refractivity contribution in [2.75, 3.05) is 66.1 Å². The van der Waals surface area contributed by atoms with Crippen LogP contribution in [-0.4, -0.2) is 78.6 Å². The zero-order chi connectivity index (χ0) is 22.7. The van der Waals surface area contributed by atoms with E-state index in [1.54, 1.807) is 48.5 Å². The summed E-state index contributed by atoms with van der Waals surface area (Å²) in [6, 6.07) is 13.8. The lowest BCUT2D eigenvalue weighted by atomic mass is 10.2. The Hall–Kier alpha value is -2.78. The number of carbonyl (C=O) groups excluding carboxylic acids is 2. The maximum atomic E-state index is 10.6. The van der Waals surface area contributed by atoms with Crippen molar-refractivity contribution in [2.45, 2.75) is 0 Å². The molecule has 0 aliphatic carbocycles. The molecule has 174 valence electrons. The minimum Gasteiger partial charge on any atom is -0.491 e. The fourth-order valence-corrected chi connectivity index (χ4v) is 2.48. The molecule has 8 heteroatoms. The van der Waals surface area contributed by atoms with Crippen molar-refractivity contribution in [1.29, 1.82) is 0 Å². The zero-order valence-corrected chi connectivity index (χ0v) is 18.1. The van der Waals surface area contributed by atoms with Crippen LogP contribution in [0.2, 0.25) is 0 Å². The highest BCUT2D eigenvalue weighted by atomic mass is 16.6. The Morgan fingerprint density at radius 1 is 0.438 bits per heavy atom. The Balaban J connectivity index is 1.29. The average molecular weight is 446 g/mol. The van der Waals surface area contributed by atoms with E-state index in [0.29, 0.717) is 88.7 Å². The lowest BCUT2D eigenvalue weighted by Gasteiger charge is -2.09. The van der Waals surface area contributed by atoms with Crippen molar-refractivity contribution in [3.8, 4) is 11.5 Å². The second kappa shape index (κ2) is 16.9. The molecule has 0 heterocycles. The molecule has 32 heavy (non-hydrogen) atoms. The van der Waals surface area contributed by atoms with E-state index in [-0.39, 0.29) is 0 Å². The molecule has 0 radical (unpaired) electrons. The molecule has 0 unspecified atom stereocenters. The summed E-state index contributed by atoms with van der Waals surface area (Å²) in [7, 11) is 0. The van der Waals surface area contributed by atoms with E-state index in [0.717, 1.165) is 12.6 Å². The number of rotatable bonds is 19. The molecule has 0 aliphatic heterocycles. The molecule has 2 rings (SSSR count). The maximum absolute atomic E-state index is 10.6. The third-order valence-corrected chi connectivity index (χ3v) is 4.14. The predicted molar refractivity (Wildman–Crippen MR) is 118 cm³/mol. The van der Waals surface area contributed by atoms with Gasteiger partial charge in [0, 0.05) is 11.1 Å². The van der Waals surface area contributed by atoms with Gasteiger partial charge in [-0.1, -0.05) is 0 Å². The van der Waals surface area contributed by atoms with Crippen LogP contribution in [0.15, 0.2) is 48.5 Å². The number of benzene rings is 2. The Kier molecular flexibility index (Phi) is 13.4. The minimum absolute atomic E-state index is 0.432. The number of ether oxygens (including phenoxy) is 6. The lowest BCUT2D eigenvalue weighted by molar-refractivity contribution is -0.00699. The summed E-state index contributed by atoms with van der Waals surface area (Å²) in [5, 5.41) is 0. The zero-order valence-electron chi connectivity index (χ0n) is 18.1. The minimum atomic E-state index is 0.432. The summed E-state index contributed by atoms with van der Waals surface area (Å²) in [5.41, 5.74) is 1.24. The quantitative estimate of drug-likeness (QED) is 0.240. The van der Waals surface area contributed by atoms with Crippen molar-refractivity contribution >= 4 is 12.6 Å². The SMILES string of the molecule is O=Cc1ccc(OCCOCCOCCOCCOCCOc2ccc(C=O)cc2)cc1. The maximum Gasteiger partial charge on any atom is 0.150 e. The van der Waals surface area contributed by atoms with Crippen molar-refractivity contribution in [3.63, 3.8) is 0 Å². The van der Waals surface area contributed by atoms with Crippen molar-refractivity contribution in [2.24, 2.45) is 0 Å². The van der Waals surface area contributed by atoms with Gasteiger partial charge in [-0.05, 0) is 48.5 Å². The molecule has 2 aromatic rings. The number of hydrogen-bond donors (Lipinski definition) is 0. The third kappa shape index (κ3) is 11.6. The van der Waals surface area contributed by atoms with Gasteiger partial charge in [0.05, 0.1) is 52.9 Å². The molecule has 0 amide bonds. The first-order chi connectivity index (χ1) is 15.8. The fourth-order valence-electron chi connectivity index (χ4n) is 2.48. The number of carbonyl (C=O) groups is 2. The van der Waals surface area contributed by atoms with Crippen LogP contribution < -0.4 is 9.47 Å². The molecular formula is C24H30O8. The lowest BCUT2D eigenvalue weighted by Crippen LogP contribution is -2.14. The Labute approximate surface area is 188 Å². The van der Waals surface area contributed by atoms with Gasteiger partial charge in [0.2, 0.25) is 0 Å². The van der Waals surface area contributed by atoms with E-state index in [9.17, 15) is 9.59 Å². The van der Waals surface area contributed by atoms with Crippen LogP contribution in [0.1, 0.15) is 20.7 Å². The van der Waals surface area contributed by atoms with Crippen molar-refractivity contribution in [1.82, 2.24) is 0 Å². The van der Waals surface area contributed by atoms with Gasteiger partial charge in [0.25, 0.3) is 0 Å². The molecule has 0 spiro atoms. The van der Waals surface area contributed by atoms with Gasteiger partial charge >= 0.3 is 0 Å². The van der Waals surface area contributed by atoms with Gasteiger partial charge in [0.15, 0.2) is 0 Å². The molecule has 0 atom stereocenters. The first-order valence-electron chi connectivity index (χ1n) is 10.5. The average Bonchev–Trinajstić information content (AvgIpc) is 2.84. The molecular weight excluding hydrogens is 416 g/mol. The van der Waals surface area contributed by atoms with Crippen LogP contribution in [-0.2, 0) is 18.9 Å². The van der Waals surface area contributed by atoms with Crippen LogP contribution in [0.4, 0.5) is 0 Å². The topological polar surface area (TPSA) is 89.5 Å². The van der Waals surface area contributed by atoms with Gasteiger partial charge in [0.1, 0.15) is 37.3 Å². The summed E-state index contributed by atoms with van der Waals surface area (Å²) >= 11 is 0. The first kappa shape index (κ1) is 25.5. The normalized spacial score (nSPS) is 10.6. The predicted octanol–water partition coefficient (Wildman–Crippen LogP) is 2.84. The largest absolute Gasteiger partial charge is 0.491 e. The van der Waals surface area contributed by atoms with Gasteiger partial charge in [-0.3, -0.25) is 9.59 Å². The molecule has 0 N–H and O–H groups in total. The Morgan fingerprint density at radius 3 is 1.00 bits per heavy atom. The molecule has 2 aromatic carbocycles.